The van der Waals surface area contributed by atoms with Crippen LogP contribution in [0, 0.1) is 5.82 Å². The maximum atomic E-state index is 13.5. The van der Waals surface area contributed by atoms with Crippen molar-refractivity contribution in [2.75, 3.05) is 31.6 Å². The Morgan fingerprint density at radius 3 is 2.80 bits per heavy atom. The third-order valence-electron chi connectivity index (χ3n) is 3.56. The minimum absolute atomic E-state index is 0.0712. The topological polar surface area (TPSA) is 49.4 Å². The van der Waals surface area contributed by atoms with Crippen LogP contribution in [0.3, 0.4) is 0 Å². The highest BCUT2D eigenvalue weighted by atomic mass is 32.2. The fourth-order valence-corrected chi connectivity index (χ4v) is 4.12. The Morgan fingerprint density at radius 1 is 1.40 bits per heavy atom. The quantitative estimate of drug-likeness (QED) is 0.853. The summed E-state index contributed by atoms with van der Waals surface area (Å²) >= 11 is 0. The summed E-state index contributed by atoms with van der Waals surface area (Å²) in [6.07, 6.45) is 0.694. The van der Waals surface area contributed by atoms with Gasteiger partial charge in [0, 0.05) is 31.2 Å². The molecule has 0 spiro atoms. The fourth-order valence-electron chi connectivity index (χ4n) is 2.41. The molecule has 1 saturated heterocycles. The zero-order chi connectivity index (χ0) is 14.6. The molecule has 0 radical (unpaired) electrons. The number of nitrogens with one attached hydrogen (secondary N) is 1. The highest BCUT2D eigenvalue weighted by molar-refractivity contribution is 7.91. The third kappa shape index (κ3) is 4.54. The standard InChI is InChI=1S/C14H21FN2O2S/c1-17(10-12-4-2-3-5-14(12)15)8-7-16-13-6-9-20(18,19)11-13/h2-5,13,16H,6-11H2,1H3. The number of likely N-dealkylation sites (N-methyl/N-ethyl adjacent to an activating group) is 1. The van der Waals surface area contributed by atoms with E-state index in [9.17, 15) is 12.8 Å². The number of rotatable bonds is 6. The van der Waals surface area contributed by atoms with Gasteiger partial charge in [0.1, 0.15) is 5.82 Å². The smallest absolute Gasteiger partial charge is 0.151 e. The monoisotopic (exact) mass is 300 g/mol. The lowest BCUT2D eigenvalue weighted by molar-refractivity contribution is 0.314. The van der Waals surface area contributed by atoms with Crippen molar-refractivity contribution in [2.24, 2.45) is 0 Å². The fraction of sp³-hybridized carbons (Fsp3) is 0.571. The van der Waals surface area contributed by atoms with Gasteiger partial charge in [-0.3, -0.25) is 0 Å². The Bertz CT molecular complexity index is 548. The summed E-state index contributed by atoms with van der Waals surface area (Å²) in [5.41, 5.74) is 0.679. The maximum Gasteiger partial charge on any atom is 0.151 e. The van der Waals surface area contributed by atoms with Gasteiger partial charge in [0.05, 0.1) is 11.5 Å². The predicted molar refractivity (Wildman–Crippen MR) is 77.8 cm³/mol. The zero-order valence-corrected chi connectivity index (χ0v) is 12.5. The second-order valence-electron chi connectivity index (χ2n) is 5.38. The average Bonchev–Trinajstić information content (AvgIpc) is 2.72. The molecule has 0 aliphatic carbocycles. The lowest BCUT2D eigenvalue weighted by atomic mass is 10.2. The Balaban J connectivity index is 1.71. The molecule has 1 N–H and O–H groups in total. The van der Waals surface area contributed by atoms with Gasteiger partial charge < -0.3 is 10.2 Å². The molecule has 1 aliphatic rings. The van der Waals surface area contributed by atoms with E-state index in [1.54, 1.807) is 12.1 Å². The summed E-state index contributed by atoms with van der Waals surface area (Å²) in [7, 11) is -0.896. The summed E-state index contributed by atoms with van der Waals surface area (Å²) in [6.45, 7) is 2.02. The van der Waals surface area contributed by atoms with Gasteiger partial charge >= 0.3 is 0 Å². The van der Waals surface area contributed by atoms with Gasteiger partial charge in [-0.15, -0.1) is 0 Å². The average molecular weight is 300 g/mol. The van der Waals surface area contributed by atoms with Crippen molar-refractivity contribution in [1.82, 2.24) is 10.2 Å². The van der Waals surface area contributed by atoms with Crippen LogP contribution in [-0.4, -0.2) is 51.0 Å². The van der Waals surface area contributed by atoms with Gasteiger partial charge in [-0.1, -0.05) is 18.2 Å². The van der Waals surface area contributed by atoms with Crippen molar-refractivity contribution in [2.45, 2.75) is 19.0 Å². The SMILES string of the molecule is CN(CCNC1CCS(=O)(=O)C1)Cc1ccccc1F. The van der Waals surface area contributed by atoms with Crippen molar-refractivity contribution < 1.29 is 12.8 Å². The first-order valence-corrected chi connectivity index (χ1v) is 8.64. The maximum absolute atomic E-state index is 13.5. The number of hydrogen-bond acceptors (Lipinski definition) is 4. The number of benzene rings is 1. The van der Waals surface area contributed by atoms with E-state index in [2.05, 4.69) is 5.32 Å². The van der Waals surface area contributed by atoms with Crippen LogP contribution in [0.15, 0.2) is 24.3 Å². The Morgan fingerprint density at radius 2 is 2.15 bits per heavy atom. The van der Waals surface area contributed by atoms with Gasteiger partial charge in [0.25, 0.3) is 0 Å². The van der Waals surface area contributed by atoms with Crippen LogP contribution in [0.25, 0.3) is 0 Å². The first-order valence-electron chi connectivity index (χ1n) is 6.82. The van der Waals surface area contributed by atoms with Crippen LogP contribution >= 0.6 is 0 Å². The summed E-state index contributed by atoms with van der Waals surface area (Å²) in [5.74, 6) is 0.342. The van der Waals surface area contributed by atoms with Crippen LogP contribution in [0.1, 0.15) is 12.0 Å². The van der Waals surface area contributed by atoms with Gasteiger partial charge in [0.15, 0.2) is 9.84 Å². The molecule has 4 nitrogen and oxygen atoms in total. The molecule has 1 aromatic carbocycles. The summed E-state index contributed by atoms with van der Waals surface area (Å²) < 4.78 is 36.1. The van der Waals surface area contributed by atoms with E-state index >= 15 is 0 Å². The van der Waals surface area contributed by atoms with Gasteiger partial charge in [0.2, 0.25) is 0 Å². The molecular weight excluding hydrogens is 279 g/mol. The van der Waals surface area contributed by atoms with E-state index in [0.29, 0.717) is 25.1 Å². The summed E-state index contributed by atoms with van der Waals surface area (Å²) in [5, 5.41) is 3.25. The van der Waals surface area contributed by atoms with Crippen LogP contribution in [-0.2, 0) is 16.4 Å². The van der Waals surface area contributed by atoms with E-state index in [1.165, 1.54) is 6.07 Å². The Hall–Kier alpha value is -0.980. The van der Waals surface area contributed by atoms with Crippen LogP contribution < -0.4 is 5.32 Å². The minimum Gasteiger partial charge on any atom is -0.312 e. The second kappa shape index (κ2) is 6.65. The number of sulfone groups is 1. The van der Waals surface area contributed by atoms with Crippen molar-refractivity contribution >= 4 is 9.84 Å². The highest BCUT2D eigenvalue weighted by Gasteiger charge is 2.27. The van der Waals surface area contributed by atoms with E-state index in [1.807, 2.05) is 18.0 Å². The molecule has 112 valence electrons. The highest BCUT2D eigenvalue weighted by Crippen LogP contribution is 2.11. The predicted octanol–water partition coefficient (Wildman–Crippen LogP) is 1.03. The minimum atomic E-state index is -2.83. The lowest BCUT2D eigenvalue weighted by Gasteiger charge is -2.19. The lowest BCUT2D eigenvalue weighted by Crippen LogP contribution is -2.36. The Kier molecular flexibility index (Phi) is 5.12. The number of halogens is 1. The molecule has 20 heavy (non-hydrogen) atoms. The van der Waals surface area contributed by atoms with Crippen LogP contribution in [0.5, 0.6) is 0 Å². The molecule has 1 unspecified atom stereocenters. The molecule has 1 aliphatic heterocycles. The zero-order valence-electron chi connectivity index (χ0n) is 11.7. The molecule has 0 amide bonds. The molecule has 1 fully saturated rings. The molecule has 1 heterocycles. The molecule has 0 aromatic heterocycles. The van der Waals surface area contributed by atoms with Crippen LogP contribution in [0.4, 0.5) is 4.39 Å². The van der Waals surface area contributed by atoms with Crippen molar-refractivity contribution in [3.63, 3.8) is 0 Å². The van der Waals surface area contributed by atoms with Gasteiger partial charge in [-0.25, -0.2) is 12.8 Å². The van der Waals surface area contributed by atoms with E-state index in [4.69, 9.17) is 0 Å². The molecule has 0 saturated carbocycles. The Labute approximate surface area is 119 Å². The van der Waals surface area contributed by atoms with Crippen molar-refractivity contribution in [1.29, 1.82) is 0 Å². The first kappa shape index (κ1) is 15.4. The molecule has 6 heteroatoms. The van der Waals surface area contributed by atoms with Crippen LogP contribution in [0.2, 0.25) is 0 Å². The number of hydrogen-bond donors (Lipinski definition) is 1. The normalized spacial score (nSPS) is 21.4. The van der Waals surface area contributed by atoms with Crippen molar-refractivity contribution in [3.05, 3.63) is 35.6 Å². The van der Waals surface area contributed by atoms with Gasteiger partial charge in [-0.05, 0) is 19.5 Å². The van der Waals surface area contributed by atoms with E-state index in [-0.39, 0.29) is 23.4 Å². The summed E-state index contributed by atoms with van der Waals surface area (Å²) in [4.78, 5) is 2.02. The largest absolute Gasteiger partial charge is 0.312 e. The molecule has 0 bridgehead atoms. The molecule has 1 atom stereocenters. The van der Waals surface area contributed by atoms with E-state index in [0.717, 1.165) is 6.54 Å². The summed E-state index contributed by atoms with van der Waals surface area (Å²) in [6, 6.07) is 6.82. The van der Waals surface area contributed by atoms with Gasteiger partial charge in [-0.2, -0.15) is 0 Å². The molecule has 1 aromatic rings. The molecule has 2 rings (SSSR count). The third-order valence-corrected chi connectivity index (χ3v) is 5.33. The molecular formula is C14H21FN2O2S. The number of nitrogens with zero attached hydrogens (tertiary/aromatic N) is 1. The second-order valence-corrected chi connectivity index (χ2v) is 7.61. The van der Waals surface area contributed by atoms with Crippen molar-refractivity contribution in [3.8, 4) is 0 Å². The van der Waals surface area contributed by atoms with E-state index < -0.39 is 9.84 Å². The first-order chi connectivity index (χ1) is 9.46.